The molecule has 2 unspecified atom stereocenters. The molecule has 1 N–H and O–H groups in total. The van der Waals surface area contributed by atoms with Crippen LogP contribution >= 0.6 is 0 Å². The van der Waals surface area contributed by atoms with Crippen molar-refractivity contribution in [3.63, 3.8) is 0 Å². The quantitative estimate of drug-likeness (QED) is 0.444. The van der Waals surface area contributed by atoms with Gasteiger partial charge in [0.25, 0.3) is 0 Å². The highest BCUT2D eigenvalue weighted by Crippen LogP contribution is 2.40. The van der Waals surface area contributed by atoms with Crippen LogP contribution < -0.4 is 5.32 Å². The van der Waals surface area contributed by atoms with Crippen molar-refractivity contribution in [2.45, 2.75) is 51.6 Å². The zero-order valence-electron chi connectivity index (χ0n) is 21.5. The van der Waals surface area contributed by atoms with E-state index < -0.39 is 0 Å². The first-order valence-corrected chi connectivity index (χ1v) is 12.5. The monoisotopic (exact) mass is 463 g/mol. The van der Waals surface area contributed by atoms with Crippen LogP contribution in [0.4, 0.5) is 0 Å². The molecule has 4 rings (SSSR count). The number of nitrogens with one attached hydrogen (secondary N) is 1. The van der Waals surface area contributed by atoms with E-state index in [0.29, 0.717) is 12.0 Å². The lowest BCUT2D eigenvalue weighted by Crippen LogP contribution is -2.53. The molecule has 0 radical (unpaired) electrons. The summed E-state index contributed by atoms with van der Waals surface area (Å²) in [4.78, 5) is 7.99. The minimum atomic E-state index is -0.0492. The van der Waals surface area contributed by atoms with E-state index in [9.17, 15) is 0 Å². The number of piperidine rings is 1. The van der Waals surface area contributed by atoms with Crippen molar-refractivity contribution in [3.05, 3.63) is 101 Å². The third-order valence-electron chi connectivity index (χ3n) is 7.36. The van der Waals surface area contributed by atoms with Crippen LogP contribution in [-0.2, 0) is 5.54 Å². The van der Waals surface area contributed by atoms with Crippen LogP contribution in [0.15, 0.2) is 94.6 Å². The molecular weight excluding hydrogens is 426 g/mol. The van der Waals surface area contributed by atoms with Gasteiger partial charge in [-0.05, 0) is 98.2 Å². The Hall–Kier alpha value is -3.30. The highest BCUT2D eigenvalue weighted by molar-refractivity contribution is 6.09. The molecule has 1 heterocycles. The molecule has 3 atom stereocenters. The second kappa shape index (κ2) is 11.0. The fourth-order valence-electron chi connectivity index (χ4n) is 5.40. The number of hydrogen-bond acceptors (Lipinski definition) is 3. The maximum atomic E-state index is 4.18. The van der Waals surface area contributed by atoms with E-state index in [1.807, 2.05) is 19.3 Å². The fraction of sp³-hybridized carbons (Fsp3) is 0.312. The minimum Gasteiger partial charge on any atom is -0.304 e. The SMILES string of the molecule is C=N/C=C\C=C1\C=CC2CC[C@@](C)(c3cc(C)cc(-c4ccc(/C(C=NC)=C/C)cc4)c3)NC2C1. The highest BCUT2D eigenvalue weighted by Gasteiger charge is 2.38. The van der Waals surface area contributed by atoms with E-state index >= 15 is 0 Å². The summed E-state index contributed by atoms with van der Waals surface area (Å²) >= 11 is 0. The maximum absolute atomic E-state index is 4.18. The number of hydrogen-bond donors (Lipinski definition) is 1. The van der Waals surface area contributed by atoms with E-state index in [1.165, 1.54) is 39.8 Å². The summed E-state index contributed by atoms with van der Waals surface area (Å²) in [5, 5.41) is 4.05. The van der Waals surface area contributed by atoms with Crippen molar-refractivity contribution in [2.24, 2.45) is 15.9 Å². The van der Waals surface area contributed by atoms with Gasteiger partial charge in [-0.1, -0.05) is 66.3 Å². The lowest BCUT2D eigenvalue weighted by molar-refractivity contribution is 0.183. The van der Waals surface area contributed by atoms with Crippen molar-refractivity contribution >= 4 is 18.5 Å². The van der Waals surface area contributed by atoms with Crippen LogP contribution in [0.3, 0.4) is 0 Å². The van der Waals surface area contributed by atoms with Gasteiger partial charge in [-0.25, -0.2) is 0 Å². The molecule has 0 spiro atoms. The first-order chi connectivity index (χ1) is 17.0. The van der Waals surface area contributed by atoms with E-state index in [1.54, 1.807) is 6.20 Å². The summed E-state index contributed by atoms with van der Waals surface area (Å²) in [5.41, 5.74) is 8.80. The van der Waals surface area contributed by atoms with Gasteiger partial charge < -0.3 is 5.32 Å². The highest BCUT2D eigenvalue weighted by atomic mass is 15.0. The van der Waals surface area contributed by atoms with E-state index in [-0.39, 0.29) is 5.54 Å². The zero-order chi connectivity index (χ0) is 24.8. The van der Waals surface area contributed by atoms with Gasteiger partial charge in [0.1, 0.15) is 0 Å². The van der Waals surface area contributed by atoms with Crippen molar-refractivity contribution in [3.8, 4) is 11.1 Å². The summed E-state index contributed by atoms with van der Waals surface area (Å²) in [6, 6.07) is 16.3. The van der Waals surface area contributed by atoms with Gasteiger partial charge in [-0.2, -0.15) is 0 Å². The Labute approximate surface area is 210 Å². The first kappa shape index (κ1) is 24.8. The van der Waals surface area contributed by atoms with Crippen molar-refractivity contribution in [2.75, 3.05) is 7.05 Å². The lowest BCUT2D eigenvalue weighted by Gasteiger charge is -2.45. The number of fused-ring (bicyclic) bond motifs is 1. The predicted octanol–water partition coefficient (Wildman–Crippen LogP) is 7.45. The van der Waals surface area contributed by atoms with Gasteiger partial charge in [0.2, 0.25) is 0 Å². The smallest absolute Gasteiger partial charge is 0.0409 e. The van der Waals surface area contributed by atoms with Gasteiger partial charge in [-0.15, -0.1) is 0 Å². The summed E-state index contributed by atoms with van der Waals surface area (Å²) in [6.45, 7) is 10.1. The molecule has 2 aromatic rings. The number of nitrogens with zero attached hydrogens (tertiary/aromatic N) is 2. The summed E-state index contributed by atoms with van der Waals surface area (Å²) in [5.74, 6) is 0.589. The van der Waals surface area contributed by atoms with E-state index in [0.717, 1.165) is 18.4 Å². The number of rotatable bonds is 6. The lowest BCUT2D eigenvalue weighted by atomic mass is 9.73. The normalized spacial score (nSPS) is 25.9. The van der Waals surface area contributed by atoms with Gasteiger partial charge in [0, 0.05) is 31.0 Å². The molecule has 1 saturated heterocycles. The van der Waals surface area contributed by atoms with E-state index in [4.69, 9.17) is 0 Å². The summed E-state index contributed by atoms with van der Waals surface area (Å²) in [6.07, 6.45) is 17.9. The largest absolute Gasteiger partial charge is 0.304 e. The van der Waals surface area contributed by atoms with Crippen LogP contribution in [-0.4, -0.2) is 26.0 Å². The Bertz CT molecular complexity index is 1210. The average Bonchev–Trinajstić information content (AvgIpc) is 2.87. The zero-order valence-corrected chi connectivity index (χ0v) is 21.5. The number of benzene rings is 2. The number of aliphatic imine (C=N–C) groups is 2. The Morgan fingerprint density at radius 1 is 1.14 bits per heavy atom. The fourth-order valence-corrected chi connectivity index (χ4v) is 5.40. The predicted molar refractivity (Wildman–Crippen MR) is 152 cm³/mol. The minimum absolute atomic E-state index is 0.0492. The molecular formula is C32H37N3. The second-order valence-corrected chi connectivity index (χ2v) is 9.91. The Kier molecular flexibility index (Phi) is 7.77. The Morgan fingerprint density at radius 3 is 2.66 bits per heavy atom. The molecule has 35 heavy (non-hydrogen) atoms. The van der Waals surface area contributed by atoms with Crippen molar-refractivity contribution in [1.29, 1.82) is 0 Å². The first-order valence-electron chi connectivity index (χ1n) is 12.5. The standard InChI is InChI=1S/C32H37N3/c1-6-25(22-34-5)26-11-13-27(14-12-26)29-18-23(2)19-30(21-29)32(3)16-15-28-10-9-24(8-7-17-33-4)20-31(28)35-32/h6-14,17-19,21-22,28,31,35H,4,15-16,20H2,1-3,5H3/b17-7-,24-8-,25-6+,34-22?/t28?,31?,32-/m0/s1. The number of allylic oxidation sites excluding steroid dienone is 5. The van der Waals surface area contributed by atoms with Crippen LogP contribution in [0.25, 0.3) is 16.7 Å². The molecule has 0 aromatic heterocycles. The molecule has 1 fully saturated rings. The molecule has 0 saturated carbocycles. The van der Waals surface area contributed by atoms with Crippen molar-refractivity contribution < 1.29 is 0 Å². The Morgan fingerprint density at radius 2 is 1.94 bits per heavy atom. The molecule has 1 aliphatic heterocycles. The van der Waals surface area contributed by atoms with Crippen molar-refractivity contribution in [1.82, 2.24) is 5.32 Å². The van der Waals surface area contributed by atoms with Crippen LogP contribution in [0, 0.1) is 12.8 Å². The van der Waals surface area contributed by atoms with Crippen LogP contribution in [0.5, 0.6) is 0 Å². The Balaban J connectivity index is 1.59. The molecule has 180 valence electrons. The van der Waals surface area contributed by atoms with Crippen LogP contribution in [0.2, 0.25) is 0 Å². The molecule has 0 amide bonds. The van der Waals surface area contributed by atoms with Gasteiger partial charge in [-0.3, -0.25) is 9.98 Å². The summed E-state index contributed by atoms with van der Waals surface area (Å²) in [7, 11) is 1.81. The second-order valence-electron chi connectivity index (χ2n) is 9.91. The van der Waals surface area contributed by atoms with Gasteiger partial charge in [0.15, 0.2) is 0 Å². The third-order valence-corrected chi connectivity index (χ3v) is 7.36. The molecule has 2 aliphatic rings. The summed E-state index contributed by atoms with van der Waals surface area (Å²) < 4.78 is 0. The number of aryl methyl sites for hydroxylation is 1. The van der Waals surface area contributed by atoms with Crippen LogP contribution in [0.1, 0.15) is 49.8 Å². The van der Waals surface area contributed by atoms with Gasteiger partial charge >= 0.3 is 0 Å². The average molecular weight is 464 g/mol. The molecule has 3 heteroatoms. The molecule has 1 aliphatic carbocycles. The molecule has 3 nitrogen and oxygen atoms in total. The third kappa shape index (κ3) is 5.68. The molecule has 2 aromatic carbocycles. The molecule has 0 bridgehead atoms. The van der Waals surface area contributed by atoms with Gasteiger partial charge in [0.05, 0.1) is 0 Å². The maximum Gasteiger partial charge on any atom is 0.0409 e. The topological polar surface area (TPSA) is 36.8 Å². The van der Waals surface area contributed by atoms with E-state index in [2.05, 4.69) is 110 Å².